The Balaban J connectivity index is 0.00000155. The molecule has 6 atom stereocenters. The fourth-order valence-electron chi connectivity index (χ4n) is 10.4. The van der Waals surface area contributed by atoms with Crippen molar-refractivity contribution in [2.24, 2.45) is 13.0 Å². The predicted molar refractivity (Wildman–Crippen MR) is 312 cm³/mol. The third kappa shape index (κ3) is 19.1. The van der Waals surface area contributed by atoms with E-state index in [1.54, 1.807) is 61.5 Å². The van der Waals surface area contributed by atoms with E-state index in [2.05, 4.69) is 20.9 Å². The number of rotatable bonds is 16. The van der Waals surface area contributed by atoms with Crippen molar-refractivity contribution in [2.75, 3.05) is 48.5 Å². The molecule has 0 spiro atoms. The van der Waals surface area contributed by atoms with Crippen molar-refractivity contribution in [1.82, 2.24) is 45.1 Å². The van der Waals surface area contributed by atoms with Crippen LogP contribution < -0.4 is 20.7 Å². The Bertz CT molecular complexity index is 3100. The number of amides is 6. The maximum Gasteiger partial charge on any atom is 0.490 e. The number of aromatic nitrogens is 2. The third-order valence-electron chi connectivity index (χ3n) is 14.9. The number of imidazole rings is 1. The molecule has 2 heterocycles. The zero-order valence-corrected chi connectivity index (χ0v) is 49.6. The molecular formula is C60H72Cl2F3N9O11. The molecule has 1 aliphatic carbocycles. The van der Waals surface area contributed by atoms with Crippen LogP contribution in [0.3, 0.4) is 0 Å². The second kappa shape index (κ2) is 30.9. The van der Waals surface area contributed by atoms with Gasteiger partial charge in [-0.15, -0.1) is 0 Å². The number of hydrogen-bond acceptors (Lipinski definition) is 11. The number of hydrogen-bond donors (Lipinski definition) is 5. The standard InChI is InChI=1S/C58H71Cl2N9O9.C2HF3O2/c1-65(2)35-52-62-33-50(67(52)4)39-19-24-45(25-20-39)78-51-31-43(60)23-18-40(51)34-69-49(26-27-61-58(75)76)55(72)64-47(36-77-6)57(74)66(3)44(29-38-16-21-42(59)22-17-38)32-53(70)63-46-14-10-11-15-48(46)68(5)56(73)41(30-54(69)71)28-37-12-8-7-9-13-37;3-2(4,5)1(6)7/h7-9,12-13,16-25,31,33,41,44,46-49,61H,10-11,14-15,26-30,32,34-36H2,1-6H3,(H,63,70)(H,64,72)(H,75,76);(H,6,7)/t41-,44+,46+,47+,48+,49+;/m1./s1. The van der Waals surface area contributed by atoms with Gasteiger partial charge in [-0.05, 0) is 106 Å². The van der Waals surface area contributed by atoms with Crippen LogP contribution in [0.1, 0.15) is 67.5 Å². The minimum atomic E-state index is -5.08. The van der Waals surface area contributed by atoms with Crippen LogP contribution in [0.25, 0.3) is 11.3 Å². The number of fused-ring (bicyclic) bond motifs is 1. The summed E-state index contributed by atoms with van der Waals surface area (Å²) in [5.74, 6) is -4.72. The SMILES string of the molecule is COC[C@@H]1NC(=O)[C@H](CCNC(=O)O)N(Cc2ccc(Cl)cc2Oc2ccc(-c3cnc(CN(C)C)n3C)cc2)C(=O)C[C@@H](Cc2ccccc2)C(=O)N(C)[C@H]2CCCC[C@@H]2NC(=O)C[C@H](Cc2ccc(Cl)cc2)N(C)C1=O.O=C(O)C(F)(F)F. The summed E-state index contributed by atoms with van der Waals surface area (Å²) in [6.45, 7) is -0.187. The first-order chi connectivity index (χ1) is 40.3. The summed E-state index contributed by atoms with van der Waals surface area (Å²) in [5.41, 5.74) is 3.83. The number of benzene rings is 4. The summed E-state index contributed by atoms with van der Waals surface area (Å²) >= 11 is 12.9. The zero-order valence-electron chi connectivity index (χ0n) is 48.1. The Morgan fingerprint density at radius 3 is 2.09 bits per heavy atom. The lowest BCUT2D eigenvalue weighted by Crippen LogP contribution is -2.59. The van der Waals surface area contributed by atoms with E-state index in [1.807, 2.05) is 91.4 Å². The molecule has 0 unspecified atom stereocenters. The van der Waals surface area contributed by atoms with Gasteiger partial charge in [0.25, 0.3) is 0 Å². The van der Waals surface area contributed by atoms with Gasteiger partial charge in [0.1, 0.15) is 29.4 Å². The number of nitrogens with zero attached hydrogens (tertiary/aromatic N) is 6. The Hall–Kier alpha value is -7.73. The highest BCUT2D eigenvalue weighted by molar-refractivity contribution is 6.31. The highest BCUT2D eigenvalue weighted by atomic mass is 35.5. The molecule has 5 aromatic rings. The van der Waals surface area contributed by atoms with Crippen LogP contribution in [0.2, 0.25) is 10.0 Å². The van der Waals surface area contributed by atoms with Gasteiger partial charge in [-0.25, -0.2) is 14.6 Å². The maximum atomic E-state index is 15.6. The van der Waals surface area contributed by atoms with Gasteiger partial charge >= 0.3 is 18.2 Å². The smallest absolute Gasteiger partial charge is 0.475 e. The molecule has 7 rings (SSSR count). The third-order valence-corrected chi connectivity index (χ3v) is 15.4. The Kier molecular flexibility index (Phi) is 24.1. The van der Waals surface area contributed by atoms with Crippen LogP contribution in [0.15, 0.2) is 103 Å². The molecule has 25 heteroatoms. The Labute approximate surface area is 501 Å². The zero-order chi connectivity index (χ0) is 62.1. The average molecular weight is 1220 g/mol. The molecule has 458 valence electrons. The molecule has 1 aromatic heterocycles. The molecule has 4 aromatic carbocycles. The summed E-state index contributed by atoms with van der Waals surface area (Å²) in [7, 11) is 10.6. The quantitative estimate of drug-likeness (QED) is 0.0630. The summed E-state index contributed by atoms with van der Waals surface area (Å²) in [4.78, 5) is 107. The molecule has 85 heavy (non-hydrogen) atoms. The van der Waals surface area contributed by atoms with Gasteiger partial charge in [0.2, 0.25) is 29.5 Å². The van der Waals surface area contributed by atoms with Crippen molar-refractivity contribution in [3.63, 3.8) is 0 Å². The first-order valence-electron chi connectivity index (χ1n) is 27.5. The number of methoxy groups -OCH3 is 1. The Morgan fingerprint density at radius 2 is 1.46 bits per heavy atom. The van der Waals surface area contributed by atoms with E-state index in [0.717, 1.165) is 41.1 Å². The summed E-state index contributed by atoms with van der Waals surface area (Å²) in [5, 5.41) is 26.2. The lowest BCUT2D eigenvalue weighted by atomic mass is 9.87. The number of nitrogens with one attached hydrogen (secondary N) is 3. The summed E-state index contributed by atoms with van der Waals surface area (Å²) < 4.78 is 45.9. The number of carbonyl (C=O) groups excluding carboxylic acids is 5. The number of likely N-dealkylation sites (N-methyl/N-ethyl adjacent to an activating group) is 2. The second-order valence-electron chi connectivity index (χ2n) is 21.3. The molecule has 6 amide bonds. The Morgan fingerprint density at radius 1 is 0.812 bits per heavy atom. The van der Waals surface area contributed by atoms with Crippen LogP contribution in [0, 0.1) is 5.92 Å². The van der Waals surface area contributed by atoms with Gasteiger partial charge in [-0.1, -0.05) is 84.6 Å². The van der Waals surface area contributed by atoms with Gasteiger partial charge in [0.15, 0.2) is 0 Å². The first kappa shape index (κ1) is 66.4. The average Bonchev–Trinajstić information content (AvgIpc) is 3.62. The number of halogens is 5. The molecule has 0 radical (unpaired) electrons. The lowest BCUT2D eigenvalue weighted by molar-refractivity contribution is -0.192. The fraction of sp³-hybridized carbons (Fsp3) is 0.433. The van der Waals surface area contributed by atoms with Gasteiger partial charge in [-0.3, -0.25) is 24.0 Å². The maximum absolute atomic E-state index is 15.6. The van der Waals surface area contributed by atoms with Crippen molar-refractivity contribution >= 4 is 64.8 Å². The number of carboxylic acid groups (broad SMARTS) is 2. The summed E-state index contributed by atoms with van der Waals surface area (Å²) in [6.07, 6.45) is -2.12. The molecule has 1 saturated heterocycles. The number of carboxylic acids is 1. The molecule has 20 nitrogen and oxygen atoms in total. The van der Waals surface area contributed by atoms with Crippen molar-refractivity contribution < 1.29 is 66.4 Å². The van der Waals surface area contributed by atoms with Crippen LogP contribution in [0.5, 0.6) is 11.5 Å². The normalized spacial score (nSPS) is 20.3. The highest BCUT2D eigenvalue weighted by Gasteiger charge is 2.41. The van der Waals surface area contributed by atoms with Crippen molar-refractivity contribution in [1.29, 1.82) is 0 Å². The van der Waals surface area contributed by atoms with Crippen LogP contribution in [0.4, 0.5) is 18.0 Å². The van der Waals surface area contributed by atoms with E-state index in [9.17, 15) is 32.7 Å². The van der Waals surface area contributed by atoms with Crippen molar-refractivity contribution in [3.05, 3.63) is 136 Å². The van der Waals surface area contributed by atoms with E-state index in [-0.39, 0.29) is 69.4 Å². The number of carbonyl (C=O) groups is 7. The van der Waals surface area contributed by atoms with Crippen LogP contribution >= 0.6 is 23.2 Å². The van der Waals surface area contributed by atoms with Gasteiger partial charge in [-0.2, -0.15) is 13.2 Å². The topological polar surface area (TPSA) is 245 Å². The van der Waals surface area contributed by atoms with Gasteiger partial charge < -0.3 is 59.8 Å². The number of ether oxygens (including phenoxy) is 2. The lowest BCUT2D eigenvalue weighted by Gasteiger charge is -2.40. The summed E-state index contributed by atoms with van der Waals surface area (Å²) in [6, 6.07) is 24.4. The van der Waals surface area contributed by atoms with Crippen LogP contribution in [-0.2, 0) is 66.5 Å². The minimum Gasteiger partial charge on any atom is -0.475 e. The van der Waals surface area contributed by atoms with Crippen molar-refractivity contribution in [3.8, 4) is 22.8 Å². The molecule has 2 fully saturated rings. The van der Waals surface area contributed by atoms with E-state index in [4.69, 9.17) is 42.6 Å². The molecular weight excluding hydrogens is 1150 g/mol. The fourth-order valence-corrected chi connectivity index (χ4v) is 10.7. The monoisotopic (exact) mass is 1220 g/mol. The number of aliphatic carboxylic acids is 1. The van der Waals surface area contributed by atoms with Crippen molar-refractivity contribution in [2.45, 2.75) is 107 Å². The highest BCUT2D eigenvalue weighted by Crippen LogP contribution is 2.34. The minimum absolute atomic E-state index is 0.111. The van der Waals surface area contributed by atoms with E-state index >= 15 is 14.4 Å². The van der Waals surface area contributed by atoms with E-state index in [0.29, 0.717) is 40.7 Å². The molecule has 5 N–H and O–H groups in total. The first-order valence-corrected chi connectivity index (χ1v) is 28.3. The predicted octanol–water partition coefficient (Wildman–Crippen LogP) is 7.98. The number of alkyl halides is 3. The molecule has 0 bridgehead atoms. The van der Waals surface area contributed by atoms with Gasteiger partial charge in [0, 0.05) is 80.9 Å². The second-order valence-corrected chi connectivity index (χ2v) is 22.2. The van der Waals surface area contributed by atoms with Gasteiger partial charge in [0.05, 0.1) is 43.5 Å². The van der Waals surface area contributed by atoms with E-state index in [1.165, 1.54) is 16.9 Å². The van der Waals surface area contributed by atoms with Crippen LogP contribution in [-0.4, -0.2) is 166 Å². The molecule has 2 aliphatic rings. The molecule has 1 saturated carbocycles. The van der Waals surface area contributed by atoms with E-state index < -0.39 is 72.1 Å². The molecule has 1 aliphatic heterocycles. The largest absolute Gasteiger partial charge is 0.490 e.